The number of hydrogen-bond acceptors (Lipinski definition) is 3. The highest BCUT2D eigenvalue weighted by Gasteiger charge is 2.27. The molecule has 1 aliphatic rings. The SMILES string of the molecule is Cc1nc(-c2ccccc2)ccc1C(=O)N(C)C1CCC(CO)CC1. The summed E-state index contributed by atoms with van der Waals surface area (Å²) in [5.74, 6) is 0.436. The highest BCUT2D eigenvalue weighted by atomic mass is 16.3. The van der Waals surface area contributed by atoms with Gasteiger partial charge in [0, 0.05) is 25.3 Å². The Balaban J connectivity index is 1.74. The van der Waals surface area contributed by atoms with Gasteiger partial charge in [-0.15, -0.1) is 0 Å². The third-order valence-electron chi connectivity index (χ3n) is 5.33. The van der Waals surface area contributed by atoms with E-state index in [1.165, 1.54) is 0 Å². The number of rotatable bonds is 4. The molecule has 1 aromatic heterocycles. The van der Waals surface area contributed by atoms with Crippen molar-refractivity contribution in [2.45, 2.75) is 38.6 Å². The first-order valence-electron chi connectivity index (χ1n) is 9.01. The fourth-order valence-corrected chi connectivity index (χ4v) is 3.63. The van der Waals surface area contributed by atoms with Gasteiger partial charge in [-0.2, -0.15) is 0 Å². The van der Waals surface area contributed by atoms with Crippen molar-refractivity contribution >= 4 is 5.91 Å². The molecule has 0 bridgehead atoms. The number of aliphatic hydroxyl groups excluding tert-OH is 1. The quantitative estimate of drug-likeness (QED) is 0.925. The molecule has 0 radical (unpaired) electrons. The van der Waals surface area contributed by atoms with Crippen molar-refractivity contribution in [3.05, 3.63) is 53.7 Å². The topological polar surface area (TPSA) is 53.4 Å². The van der Waals surface area contributed by atoms with Crippen molar-refractivity contribution in [2.24, 2.45) is 5.92 Å². The molecule has 1 saturated carbocycles. The van der Waals surface area contributed by atoms with Gasteiger partial charge in [-0.25, -0.2) is 0 Å². The van der Waals surface area contributed by atoms with Gasteiger partial charge in [-0.3, -0.25) is 9.78 Å². The summed E-state index contributed by atoms with van der Waals surface area (Å²) in [7, 11) is 1.89. The summed E-state index contributed by atoms with van der Waals surface area (Å²) in [4.78, 5) is 19.4. The molecule has 1 aliphatic carbocycles. The van der Waals surface area contributed by atoms with Crippen LogP contribution in [0.25, 0.3) is 11.3 Å². The second-order valence-corrected chi connectivity index (χ2v) is 6.97. The number of benzene rings is 1. The van der Waals surface area contributed by atoms with Gasteiger partial charge in [-0.05, 0) is 50.7 Å². The predicted molar refractivity (Wildman–Crippen MR) is 99.3 cm³/mol. The lowest BCUT2D eigenvalue weighted by atomic mass is 9.86. The van der Waals surface area contributed by atoms with E-state index < -0.39 is 0 Å². The number of aryl methyl sites for hydroxylation is 1. The first kappa shape index (κ1) is 17.6. The van der Waals surface area contributed by atoms with Crippen LogP contribution in [0.3, 0.4) is 0 Å². The van der Waals surface area contributed by atoms with Crippen LogP contribution in [0.5, 0.6) is 0 Å². The third-order valence-corrected chi connectivity index (χ3v) is 5.33. The lowest BCUT2D eigenvalue weighted by Crippen LogP contribution is -2.40. The van der Waals surface area contributed by atoms with Crippen LogP contribution in [-0.2, 0) is 0 Å². The van der Waals surface area contributed by atoms with E-state index in [2.05, 4.69) is 4.98 Å². The van der Waals surface area contributed by atoms with Gasteiger partial charge in [0.2, 0.25) is 0 Å². The Morgan fingerprint density at radius 3 is 2.40 bits per heavy atom. The van der Waals surface area contributed by atoms with Crippen LogP contribution >= 0.6 is 0 Å². The number of aliphatic hydroxyl groups is 1. The minimum absolute atomic E-state index is 0.0389. The second kappa shape index (κ2) is 7.79. The van der Waals surface area contributed by atoms with Gasteiger partial charge in [0.1, 0.15) is 0 Å². The Bertz CT molecular complexity index is 722. The van der Waals surface area contributed by atoms with Crippen LogP contribution in [0.15, 0.2) is 42.5 Å². The molecule has 0 saturated heterocycles. The first-order valence-corrected chi connectivity index (χ1v) is 9.01. The number of amides is 1. The fraction of sp³-hybridized carbons (Fsp3) is 0.429. The number of carbonyl (C=O) groups excluding carboxylic acids is 1. The largest absolute Gasteiger partial charge is 0.396 e. The van der Waals surface area contributed by atoms with E-state index >= 15 is 0 Å². The fourth-order valence-electron chi connectivity index (χ4n) is 3.63. The van der Waals surface area contributed by atoms with Crippen LogP contribution in [0, 0.1) is 12.8 Å². The van der Waals surface area contributed by atoms with E-state index in [0.29, 0.717) is 11.5 Å². The van der Waals surface area contributed by atoms with Gasteiger partial charge < -0.3 is 10.0 Å². The molecule has 132 valence electrons. The third kappa shape index (κ3) is 3.90. The molecule has 1 heterocycles. The zero-order valence-corrected chi connectivity index (χ0v) is 15.0. The average molecular weight is 338 g/mol. The van der Waals surface area contributed by atoms with Gasteiger partial charge in [0.05, 0.1) is 17.0 Å². The normalized spacial score (nSPS) is 20.3. The van der Waals surface area contributed by atoms with Crippen molar-refractivity contribution in [3.8, 4) is 11.3 Å². The van der Waals surface area contributed by atoms with E-state index in [9.17, 15) is 9.90 Å². The Hall–Kier alpha value is -2.20. The number of carbonyl (C=O) groups is 1. The molecule has 0 unspecified atom stereocenters. The molecule has 4 heteroatoms. The Labute approximate surface area is 149 Å². The molecule has 0 spiro atoms. The summed E-state index contributed by atoms with van der Waals surface area (Å²) in [5.41, 5.74) is 3.38. The summed E-state index contributed by atoms with van der Waals surface area (Å²) < 4.78 is 0. The second-order valence-electron chi connectivity index (χ2n) is 6.97. The van der Waals surface area contributed by atoms with Crippen molar-refractivity contribution in [1.29, 1.82) is 0 Å². The maximum absolute atomic E-state index is 12.9. The molecule has 1 fully saturated rings. The highest BCUT2D eigenvalue weighted by Crippen LogP contribution is 2.28. The summed E-state index contributed by atoms with van der Waals surface area (Å²) in [6.45, 7) is 2.16. The zero-order valence-electron chi connectivity index (χ0n) is 15.0. The Kier molecular flexibility index (Phi) is 5.49. The van der Waals surface area contributed by atoms with Crippen LogP contribution in [-0.4, -0.2) is 40.6 Å². The number of pyridine rings is 1. The molecule has 0 aliphatic heterocycles. The molecular weight excluding hydrogens is 312 g/mol. The minimum Gasteiger partial charge on any atom is -0.396 e. The lowest BCUT2D eigenvalue weighted by Gasteiger charge is -2.34. The number of aromatic nitrogens is 1. The molecule has 1 aromatic carbocycles. The summed E-state index contributed by atoms with van der Waals surface area (Å²) in [6.07, 6.45) is 3.90. The molecule has 4 nitrogen and oxygen atoms in total. The van der Waals surface area contributed by atoms with E-state index in [0.717, 1.165) is 42.6 Å². The molecule has 1 N–H and O–H groups in total. The first-order chi connectivity index (χ1) is 12.1. The standard InChI is InChI=1S/C21H26N2O2/c1-15-19(12-13-20(22-15)17-6-4-3-5-7-17)21(25)23(2)18-10-8-16(14-24)9-11-18/h3-7,12-13,16,18,24H,8-11,14H2,1-2H3. The summed E-state index contributed by atoms with van der Waals surface area (Å²) in [6, 6.07) is 14.1. The minimum atomic E-state index is 0.0389. The summed E-state index contributed by atoms with van der Waals surface area (Å²) >= 11 is 0. The van der Waals surface area contributed by atoms with E-state index in [4.69, 9.17) is 0 Å². The van der Waals surface area contributed by atoms with Crippen LogP contribution in [0.2, 0.25) is 0 Å². The molecule has 1 amide bonds. The highest BCUT2D eigenvalue weighted by molar-refractivity contribution is 5.95. The molecule has 2 aromatic rings. The smallest absolute Gasteiger partial charge is 0.255 e. The van der Waals surface area contributed by atoms with Gasteiger partial charge >= 0.3 is 0 Å². The zero-order chi connectivity index (χ0) is 17.8. The Morgan fingerprint density at radius 2 is 1.80 bits per heavy atom. The molecular formula is C21H26N2O2. The maximum atomic E-state index is 12.9. The molecule has 3 rings (SSSR count). The van der Waals surface area contributed by atoms with Crippen molar-refractivity contribution in [1.82, 2.24) is 9.88 Å². The molecule has 25 heavy (non-hydrogen) atoms. The van der Waals surface area contributed by atoms with Gasteiger partial charge in [0.25, 0.3) is 5.91 Å². The van der Waals surface area contributed by atoms with E-state index in [-0.39, 0.29) is 18.6 Å². The lowest BCUT2D eigenvalue weighted by molar-refractivity contribution is 0.0651. The predicted octanol–water partition coefficient (Wildman–Crippen LogP) is 3.68. The van der Waals surface area contributed by atoms with E-state index in [1.807, 2.05) is 61.3 Å². The Morgan fingerprint density at radius 1 is 1.12 bits per heavy atom. The van der Waals surface area contributed by atoms with Crippen molar-refractivity contribution < 1.29 is 9.90 Å². The van der Waals surface area contributed by atoms with Crippen molar-refractivity contribution in [3.63, 3.8) is 0 Å². The number of hydrogen-bond donors (Lipinski definition) is 1. The average Bonchev–Trinajstić information content (AvgIpc) is 2.67. The van der Waals surface area contributed by atoms with Gasteiger partial charge in [-0.1, -0.05) is 30.3 Å². The maximum Gasteiger partial charge on any atom is 0.255 e. The van der Waals surface area contributed by atoms with Crippen molar-refractivity contribution in [2.75, 3.05) is 13.7 Å². The van der Waals surface area contributed by atoms with E-state index in [1.54, 1.807) is 0 Å². The van der Waals surface area contributed by atoms with Gasteiger partial charge in [0.15, 0.2) is 0 Å². The monoisotopic (exact) mass is 338 g/mol. The number of nitrogens with zero attached hydrogens (tertiary/aromatic N) is 2. The van der Waals surface area contributed by atoms with Crippen LogP contribution in [0.1, 0.15) is 41.7 Å². The van der Waals surface area contributed by atoms with Crippen LogP contribution < -0.4 is 0 Å². The molecule has 0 atom stereocenters. The summed E-state index contributed by atoms with van der Waals surface area (Å²) in [5, 5.41) is 9.27. The van der Waals surface area contributed by atoms with Crippen LogP contribution in [0.4, 0.5) is 0 Å².